The number of ketones is 1. The van der Waals surface area contributed by atoms with Gasteiger partial charge in [0.1, 0.15) is 0 Å². The number of aliphatic carboxylic acids is 1. The van der Waals surface area contributed by atoms with Crippen molar-refractivity contribution in [3.63, 3.8) is 0 Å². The topological polar surface area (TPSA) is 54.4 Å². The minimum Gasteiger partial charge on any atom is -0.481 e. The van der Waals surface area contributed by atoms with Crippen LogP contribution in [0.1, 0.15) is 18.4 Å². The van der Waals surface area contributed by atoms with Gasteiger partial charge in [0.05, 0.1) is 6.42 Å². The summed E-state index contributed by atoms with van der Waals surface area (Å²) in [6, 6.07) is 7.49. The quantitative estimate of drug-likeness (QED) is 0.845. The molecule has 1 rings (SSSR count). The molecule has 4 heteroatoms. The summed E-state index contributed by atoms with van der Waals surface area (Å²) in [5.74, 6) is -1.13. The van der Waals surface area contributed by atoms with E-state index in [1.807, 2.05) is 24.3 Å². The van der Waals surface area contributed by atoms with Crippen molar-refractivity contribution < 1.29 is 14.7 Å². The highest BCUT2D eigenvalue weighted by molar-refractivity contribution is 9.10. The highest BCUT2D eigenvalue weighted by atomic mass is 79.9. The molecule has 0 aliphatic carbocycles. The van der Waals surface area contributed by atoms with E-state index < -0.39 is 5.97 Å². The third-order valence-electron chi connectivity index (χ3n) is 1.92. The van der Waals surface area contributed by atoms with Crippen molar-refractivity contribution in [2.75, 3.05) is 0 Å². The molecule has 0 atom stereocenters. The average Bonchev–Trinajstić information content (AvgIpc) is 2.25. The second-order valence-corrected chi connectivity index (χ2v) is 4.16. The molecule has 0 aliphatic rings. The normalized spacial score (nSPS) is 10.6. The Morgan fingerprint density at radius 3 is 2.38 bits per heavy atom. The van der Waals surface area contributed by atoms with Gasteiger partial charge in [0.2, 0.25) is 0 Å². The molecule has 84 valence electrons. The maximum absolute atomic E-state index is 11.2. The van der Waals surface area contributed by atoms with Crippen LogP contribution in [-0.4, -0.2) is 16.9 Å². The molecule has 16 heavy (non-hydrogen) atoms. The number of benzene rings is 1. The summed E-state index contributed by atoms with van der Waals surface area (Å²) in [6.45, 7) is 0. The van der Waals surface area contributed by atoms with Crippen LogP contribution in [0.25, 0.3) is 6.08 Å². The van der Waals surface area contributed by atoms with Crippen LogP contribution >= 0.6 is 15.9 Å². The van der Waals surface area contributed by atoms with E-state index in [1.165, 1.54) is 6.08 Å². The number of halogens is 1. The van der Waals surface area contributed by atoms with Crippen molar-refractivity contribution in [3.8, 4) is 0 Å². The molecular formula is C12H11BrO3. The molecule has 0 heterocycles. The monoisotopic (exact) mass is 282 g/mol. The van der Waals surface area contributed by atoms with Crippen molar-refractivity contribution in [1.29, 1.82) is 0 Å². The van der Waals surface area contributed by atoms with Crippen LogP contribution in [0.3, 0.4) is 0 Å². The minimum atomic E-state index is -0.953. The molecule has 0 saturated heterocycles. The molecule has 1 N–H and O–H groups in total. The number of carboxylic acid groups (broad SMARTS) is 1. The number of allylic oxidation sites excluding steroid dienone is 1. The summed E-state index contributed by atoms with van der Waals surface area (Å²) in [5, 5.41) is 8.40. The number of hydrogen-bond donors (Lipinski definition) is 1. The minimum absolute atomic E-state index is 0.0440. The molecule has 0 aromatic heterocycles. The van der Waals surface area contributed by atoms with E-state index in [2.05, 4.69) is 15.9 Å². The average molecular weight is 283 g/mol. The Kier molecular flexibility index (Phi) is 4.92. The molecule has 1 aromatic rings. The Bertz CT molecular complexity index is 407. The second kappa shape index (κ2) is 6.23. The van der Waals surface area contributed by atoms with Crippen LogP contribution in [0, 0.1) is 0 Å². The van der Waals surface area contributed by atoms with Gasteiger partial charge in [-0.15, -0.1) is 0 Å². The van der Waals surface area contributed by atoms with Crippen molar-refractivity contribution in [2.24, 2.45) is 0 Å². The summed E-state index contributed by atoms with van der Waals surface area (Å²) < 4.78 is 0.974. The molecule has 0 aliphatic heterocycles. The Labute approximate surface area is 102 Å². The van der Waals surface area contributed by atoms with Gasteiger partial charge < -0.3 is 5.11 Å². The zero-order valence-electron chi connectivity index (χ0n) is 8.52. The SMILES string of the molecule is O=C(O)CCC(=O)C=Cc1ccc(Br)cc1. The maximum atomic E-state index is 11.2. The fourth-order valence-electron chi connectivity index (χ4n) is 1.08. The lowest BCUT2D eigenvalue weighted by atomic mass is 10.1. The Hall–Kier alpha value is -1.42. The fourth-order valence-corrected chi connectivity index (χ4v) is 1.34. The first-order valence-corrected chi connectivity index (χ1v) is 5.55. The van der Waals surface area contributed by atoms with Crippen LogP contribution in [0.5, 0.6) is 0 Å². The molecule has 0 fully saturated rings. The number of hydrogen-bond acceptors (Lipinski definition) is 2. The number of carbonyl (C=O) groups excluding carboxylic acids is 1. The van der Waals surface area contributed by atoms with Crippen molar-refractivity contribution in [1.82, 2.24) is 0 Å². The van der Waals surface area contributed by atoms with Crippen LogP contribution < -0.4 is 0 Å². The van der Waals surface area contributed by atoms with E-state index in [-0.39, 0.29) is 18.6 Å². The van der Waals surface area contributed by atoms with Crippen LogP contribution in [0.4, 0.5) is 0 Å². The lowest BCUT2D eigenvalue weighted by Gasteiger charge is -1.94. The first-order valence-electron chi connectivity index (χ1n) is 4.76. The molecule has 0 unspecified atom stereocenters. The van der Waals surface area contributed by atoms with Gasteiger partial charge in [-0.2, -0.15) is 0 Å². The van der Waals surface area contributed by atoms with Crippen molar-refractivity contribution in [2.45, 2.75) is 12.8 Å². The van der Waals surface area contributed by atoms with Gasteiger partial charge in [0.15, 0.2) is 5.78 Å². The standard InChI is InChI=1S/C12H11BrO3/c13-10-4-1-9(2-5-10)3-6-11(14)7-8-12(15)16/h1-6H,7-8H2,(H,15,16). The number of carboxylic acids is 1. The third kappa shape index (κ3) is 4.89. The lowest BCUT2D eigenvalue weighted by molar-refractivity contribution is -0.138. The molecule has 0 saturated carbocycles. The Balaban J connectivity index is 2.50. The van der Waals surface area contributed by atoms with E-state index in [4.69, 9.17) is 5.11 Å². The van der Waals surface area contributed by atoms with E-state index >= 15 is 0 Å². The molecule has 3 nitrogen and oxygen atoms in total. The van der Waals surface area contributed by atoms with Gasteiger partial charge in [-0.05, 0) is 23.8 Å². The predicted molar refractivity (Wildman–Crippen MR) is 65.1 cm³/mol. The fraction of sp³-hybridized carbons (Fsp3) is 0.167. The molecule has 0 spiro atoms. The Morgan fingerprint density at radius 1 is 1.19 bits per heavy atom. The van der Waals surface area contributed by atoms with E-state index in [1.54, 1.807) is 6.08 Å². The zero-order valence-corrected chi connectivity index (χ0v) is 10.1. The van der Waals surface area contributed by atoms with Crippen molar-refractivity contribution in [3.05, 3.63) is 40.4 Å². The van der Waals surface area contributed by atoms with Gasteiger partial charge in [-0.3, -0.25) is 9.59 Å². The summed E-state index contributed by atoms with van der Waals surface area (Å²) in [7, 11) is 0. The van der Waals surface area contributed by atoms with Gasteiger partial charge >= 0.3 is 5.97 Å². The van der Waals surface area contributed by atoms with E-state index in [0.29, 0.717) is 0 Å². The lowest BCUT2D eigenvalue weighted by Crippen LogP contribution is -1.99. The van der Waals surface area contributed by atoms with Crippen LogP contribution in [0.15, 0.2) is 34.8 Å². The smallest absolute Gasteiger partial charge is 0.303 e. The summed E-state index contributed by atoms with van der Waals surface area (Å²) in [4.78, 5) is 21.5. The molecule has 1 aromatic carbocycles. The first kappa shape index (κ1) is 12.6. The summed E-state index contributed by atoms with van der Waals surface area (Å²) in [5.41, 5.74) is 0.909. The van der Waals surface area contributed by atoms with Crippen LogP contribution in [0.2, 0.25) is 0 Å². The van der Waals surface area contributed by atoms with Gasteiger partial charge in [0.25, 0.3) is 0 Å². The maximum Gasteiger partial charge on any atom is 0.303 e. The predicted octanol–water partition coefficient (Wildman–Crippen LogP) is 2.90. The highest BCUT2D eigenvalue weighted by Gasteiger charge is 2.01. The van der Waals surface area contributed by atoms with Gasteiger partial charge in [0, 0.05) is 10.9 Å². The van der Waals surface area contributed by atoms with Gasteiger partial charge in [-0.1, -0.05) is 34.1 Å². The molecule has 0 amide bonds. The number of carbonyl (C=O) groups is 2. The largest absolute Gasteiger partial charge is 0.481 e. The molecule has 0 bridgehead atoms. The summed E-state index contributed by atoms with van der Waals surface area (Å²) in [6.07, 6.45) is 3.01. The van der Waals surface area contributed by atoms with Crippen molar-refractivity contribution >= 4 is 33.8 Å². The molecular weight excluding hydrogens is 272 g/mol. The zero-order chi connectivity index (χ0) is 12.0. The van der Waals surface area contributed by atoms with E-state index in [9.17, 15) is 9.59 Å². The third-order valence-corrected chi connectivity index (χ3v) is 2.45. The van der Waals surface area contributed by atoms with Gasteiger partial charge in [-0.25, -0.2) is 0 Å². The Morgan fingerprint density at radius 2 is 1.81 bits per heavy atom. The molecule has 0 radical (unpaired) electrons. The first-order chi connectivity index (χ1) is 7.58. The summed E-state index contributed by atoms with van der Waals surface area (Å²) >= 11 is 3.31. The van der Waals surface area contributed by atoms with E-state index in [0.717, 1.165) is 10.0 Å². The number of rotatable bonds is 5. The second-order valence-electron chi connectivity index (χ2n) is 3.24. The highest BCUT2D eigenvalue weighted by Crippen LogP contribution is 2.11. The van der Waals surface area contributed by atoms with Crippen LogP contribution in [-0.2, 0) is 9.59 Å².